The summed E-state index contributed by atoms with van der Waals surface area (Å²) in [4.78, 5) is 3.89. The van der Waals surface area contributed by atoms with Crippen LogP contribution in [0.1, 0.15) is 11.9 Å². The maximum Gasteiger partial charge on any atom is 0.198 e. The number of furan rings is 1. The van der Waals surface area contributed by atoms with Gasteiger partial charge in [0.1, 0.15) is 17.4 Å². The number of aliphatic hydroxyl groups excluding tert-OH is 1. The van der Waals surface area contributed by atoms with Crippen LogP contribution in [0.5, 0.6) is 0 Å². The smallest absolute Gasteiger partial charge is 0.198 e. The number of hydrogen-bond acceptors (Lipinski definition) is 4. The highest BCUT2D eigenvalue weighted by atomic mass is 16.4. The SMILES string of the molecule is N#CC(O)c1cc2cnccc2o1. The molecule has 2 aromatic rings. The monoisotopic (exact) mass is 174 g/mol. The van der Waals surface area contributed by atoms with Crippen molar-refractivity contribution < 1.29 is 9.52 Å². The van der Waals surface area contributed by atoms with E-state index in [0.29, 0.717) is 5.58 Å². The zero-order chi connectivity index (χ0) is 9.26. The molecule has 0 bridgehead atoms. The topological polar surface area (TPSA) is 70.0 Å². The molecule has 2 aromatic heterocycles. The molecule has 2 rings (SSSR count). The van der Waals surface area contributed by atoms with Gasteiger partial charge in [0.15, 0.2) is 6.10 Å². The first kappa shape index (κ1) is 7.77. The van der Waals surface area contributed by atoms with Gasteiger partial charge in [-0.1, -0.05) is 0 Å². The molecule has 2 heterocycles. The van der Waals surface area contributed by atoms with Crippen molar-refractivity contribution in [2.45, 2.75) is 6.10 Å². The van der Waals surface area contributed by atoms with E-state index in [0.717, 1.165) is 5.39 Å². The number of hydrogen-bond donors (Lipinski definition) is 1. The van der Waals surface area contributed by atoms with Crippen molar-refractivity contribution >= 4 is 11.0 Å². The lowest BCUT2D eigenvalue weighted by molar-refractivity contribution is 0.207. The summed E-state index contributed by atoms with van der Waals surface area (Å²) in [7, 11) is 0. The summed E-state index contributed by atoms with van der Waals surface area (Å²) in [5.41, 5.74) is 0.624. The first-order valence-electron chi connectivity index (χ1n) is 3.72. The highest BCUT2D eigenvalue weighted by molar-refractivity contribution is 5.76. The minimum absolute atomic E-state index is 0.255. The van der Waals surface area contributed by atoms with Crippen molar-refractivity contribution in [3.63, 3.8) is 0 Å². The van der Waals surface area contributed by atoms with Gasteiger partial charge in [0.2, 0.25) is 0 Å². The van der Waals surface area contributed by atoms with Crippen LogP contribution in [-0.4, -0.2) is 10.1 Å². The molecule has 0 spiro atoms. The molecule has 0 aliphatic heterocycles. The molecular formula is C9H6N2O2. The lowest BCUT2D eigenvalue weighted by Gasteiger charge is -1.92. The van der Waals surface area contributed by atoms with Gasteiger partial charge in [0.05, 0.1) is 0 Å². The number of nitriles is 1. The van der Waals surface area contributed by atoms with E-state index in [2.05, 4.69) is 4.98 Å². The van der Waals surface area contributed by atoms with Crippen LogP contribution in [0.25, 0.3) is 11.0 Å². The van der Waals surface area contributed by atoms with Gasteiger partial charge >= 0.3 is 0 Å². The Morgan fingerprint density at radius 1 is 1.62 bits per heavy atom. The van der Waals surface area contributed by atoms with Gasteiger partial charge in [-0.2, -0.15) is 5.26 Å². The highest BCUT2D eigenvalue weighted by Crippen LogP contribution is 2.22. The van der Waals surface area contributed by atoms with E-state index < -0.39 is 6.10 Å². The zero-order valence-electron chi connectivity index (χ0n) is 6.64. The normalized spacial score (nSPS) is 12.6. The number of aliphatic hydroxyl groups is 1. The fourth-order valence-electron chi connectivity index (χ4n) is 1.10. The van der Waals surface area contributed by atoms with Crippen LogP contribution in [0.4, 0.5) is 0 Å². The Hall–Kier alpha value is -1.86. The molecule has 13 heavy (non-hydrogen) atoms. The fourth-order valence-corrected chi connectivity index (χ4v) is 1.10. The van der Waals surface area contributed by atoms with E-state index in [9.17, 15) is 0 Å². The molecule has 0 fully saturated rings. The average molecular weight is 174 g/mol. The van der Waals surface area contributed by atoms with Crippen molar-refractivity contribution in [1.82, 2.24) is 4.98 Å². The van der Waals surface area contributed by atoms with Gasteiger partial charge < -0.3 is 9.52 Å². The number of nitrogens with zero attached hydrogens (tertiary/aromatic N) is 2. The molecule has 1 atom stereocenters. The zero-order valence-corrected chi connectivity index (χ0v) is 6.64. The molecule has 4 nitrogen and oxygen atoms in total. The second kappa shape index (κ2) is 2.88. The standard InChI is InChI=1S/C9H6N2O2/c10-4-7(12)9-3-6-5-11-2-1-8(6)13-9/h1-3,5,7,12H. The lowest BCUT2D eigenvalue weighted by atomic mass is 10.2. The van der Waals surface area contributed by atoms with E-state index in [4.69, 9.17) is 14.8 Å². The first-order chi connectivity index (χ1) is 6.31. The van der Waals surface area contributed by atoms with Crippen LogP contribution in [-0.2, 0) is 0 Å². The van der Waals surface area contributed by atoms with E-state index in [1.165, 1.54) is 0 Å². The molecule has 1 unspecified atom stereocenters. The van der Waals surface area contributed by atoms with Crippen molar-refractivity contribution in [2.75, 3.05) is 0 Å². The summed E-state index contributed by atoms with van der Waals surface area (Å²) in [5, 5.41) is 18.4. The number of rotatable bonds is 1. The fraction of sp³-hybridized carbons (Fsp3) is 0.111. The molecule has 0 aromatic carbocycles. The third-order valence-electron chi connectivity index (χ3n) is 1.73. The summed E-state index contributed by atoms with van der Waals surface area (Å²) >= 11 is 0. The average Bonchev–Trinajstić information content (AvgIpc) is 2.59. The number of aromatic nitrogens is 1. The predicted molar refractivity (Wildman–Crippen MR) is 44.6 cm³/mol. The summed E-state index contributed by atoms with van der Waals surface area (Å²) in [6.07, 6.45) is 2.01. The Bertz CT molecular complexity index is 437. The predicted octanol–water partition coefficient (Wildman–Crippen LogP) is 1.38. The molecule has 0 amide bonds. The summed E-state index contributed by atoms with van der Waals surface area (Å²) in [6.45, 7) is 0. The second-order valence-electron chi connectivity index (χ2n) is 2.59. The molecule has 0 saturated carbocycles. The van der Waals surface area contributed by atoms with Gasteiger partial charge in [0.25, 0.3) is 0 Å². The maximum atomic E-state index is 9.16. The van der Waals surface area contributed by atoms with E-state index in [1.54, 1.807) is 30.6 Å². The molecule has 1 N–H and O–H groups in total. The van der Waals surface area contributed by atoms with Crippen LogP contribution in [0.3, 0.4) is 0 Å². The van der Waals surface area contributed by atoms with Crippen LogP contribution >= 0.6 is 0 Å². The van der Waals surface area contributed by atoms with Crippen molar-refractivity contribution in [1.29, 1.82) is 5.26 Å². The molecule has 64 valence electrons. The quantitative estimate of drug-likeness (QED) is 0.663. The molecule has 0 aliphatic rings. The van der Waals surface area contributed by atoms with E-state index in [1.807, 2.05) is 0 Å². The molecule has 0 saturated heterocycles. The van der Waals surface area contributed by atoms with Crippen LogP contribution in [0.2, 0.25) is 0 Å². The van der Waals surface area contributed by atoms with Gasteiger partial charge in [-0.25, -0.2) is 0 Å². The van der Waals surface area contributed by atoms with Gasteiger partial charge in [-0.15, -0.1) is 0 Å². The molecule has 0 radical (unpaired) electrons. The first-order valence-corrected chi connectivity index (χ1v) is 3.72. The molecular weight excluding hydrogens is 168 g/mol. The Balaban J connectivity index is 2.57. The van der Waals surface area contributed by atoms with Gasteiger partial charge in [-0.05, 0) is 12.1 Å². The number of fused-ring (bicyclic) bond motifs is 1. The van der Waals surface area contributed by atoms with Crippen molar-refractivity contribution in [3.8, 4) is 6.07 Å². The van der Waals surface area contributed by atoms with Crippen LogP contribution in [0, 0.1) is 11.3 Å². The Morgan fingerprint density at radius 2 is 2.46 bits per heavy atom. The van der Waals surface area contributed by atoms with E-state index >= 15 is 0 Å². The third-order valence-corrected chi connectivity index (χ3v) is 1.73. The van der Waals surface area contributed by atoms with E-state index in [-0.39, 0.29) is 5.76 Å². The minimum atomic E-state index is -1.20. The Labute approximate surface area is 74.0 Å². The highest BCUT2D eigenvalue weighted by Gasteiger charge is 2.11. The molecule has 0 aliphatic carbocycles. The summed E-state index contributed by atoms with van der Waals surface area (Å²) in [6, 6.07) is 4.97. The van der Waals surface area contributed by atoms with Gasteiger partial charge in [-0.3, -0.25) is 4.98 Å². The Kier molecular flexibility index (Phi) is 1.72. The third kappa shape index (κ3) is 1.25. The van der Waals surface area contributed by atoms with Crippen molar-refractivity contribution in [3.05, 3.63) is 30.3 Å². The van der Waals surface area contributed by atoms with Crippen molar-refractivity contribution in [2.24, 2.45) is 0 Å². The largest absolute Gasteiger partial charge is 0.457 e. The summed E-state index contributed by atoms with van der Waals surface area (Å²) in [5.74, 6) is 0.255. The second-order valence-corrected chi connectivity index (χ2v) is 2.59. The number of pyridine rings is 1. The molecule has 4 heteroatoms. The summed E-state index contributed by atoms with van der Waals surface area (Å²) < 4.78 is 5.21. The Morgan fingerprint density at radius 3 is 3.15 bits per heavy atom. The van der Waals surface area contributed by atoms with Crippen LogP contribution < -0.4 is 0 Å². The lowest BCUT2D eigenvalue weighted by Crippen LogP contribution is -1.88. The maximum absolute atomic E-state index is 9.16. The minimum Gasteiger partial charge on any atom is -0.457 e. The van der Waals surface area contributed by atoms with Gasteiger partial charge in [0, 0.05) is 17.8 Å². The van der Waals surface area contributed by atoms with Crippen LogP contribution in [0.15, 0.2) is 28.9 Å².